The number of nitro benzene ring substituents is 1. The Hall–Kier alpha value is -2.02. The summed E-state index contributed by atoms with van der Waals surface area (Å²) < 4.78 is 11.3. The average Bonchev–Trinajstić information content (AvgIpc) is 2.46. The van der Waals surface area contributed by atoms with Gasteiger partial charge in [0, 0.05) is 52.2 Å². The van der Waals surface area contributed by atoms with Gasteiger partial charge in [-0.05, 0) is 24.6 Å². The third kappa shape index (κ3) is 3.55. The molecule has 0 fully saturated rings. The standard InChI is InChI=1S/C14H17N3O3S/c1-10(21(2)20)7-9-15-12-5-6-13(17(18)19)14-11(12)4-3-8-16-14/h3-6,8,10,15H,7,9H2,1-2H3. The molecule has 2 rings (SSSR count). The van der Waals surface area contributed by atoms with Gasteiger partial charge in [0.1, 0.15) is 5.52 Å². The highest BCUT2D eigenvalue weighted by Gasteiger charge is 2.15. The molecule has 0 aliphatic heterocycles. The first kappa shape index (κ1) is 15.4. The van der Waals surface area contributed by atoms with Crippen molar-refractivity contribution in [1.82, 2.24) is 4.98 Å². The summed E-state index contributed by atoms with van der Waals surface area (Å²) in [5.41, 5.74) is 1.18. The predicted molar refractivity (Wildman–Crippen MR) is 85.0 cm³/mol. The first-order chi connectivity index (χ1) is 10.0. The number of hydrogen-bond donors (Lipinski definition) is 1. The highest BCUT2D eigenvalue weighted by Crippen LogP contribution is 2.29. The van der Waals surface area contributed by atoms with Gasteiger partial charge in [0.05, 0.1) is 4.92 Å². The summed E-state index contributed by atoms with van der Waals surface area (Å²) in [6.45, 7) is 2.59. The number of non-ortho nitro benzene ring substituents is 1. The van der Waals surface area contributed by atoms with E-state index in [1.165, 1.54) is 6.07 Å². The second-order valence-electron chi connectivity index (χ2n) is 4.81. The Balaban J connectivity index is 2.23. The van der Waals surface area contributed by atoms with Crippen LogP contribution >= 0.6 is 0 Å². The van der Waals surface area contributed by atoms with Crippen LogP contribution < -0.4 is 5.32 Å². The lowest BCUT2D eigenvalue weighted by Gasteiger charge is -2.12. The number of pyridine rings is 1. The van der Waals surface area contributed by atoms with Crippen LogP contribution in [0.15, 0.2) is 30.5 Å². The third-order valence-electron chi connectivity index (χ3n) is 3.38. The molecule has 0 spiro atoms. The summed E-state index contributed by atoms with van der Waals surface area (Å²) in [6, 6.07) is 6.70. The molecule has 0 bridgehead atoms. The monoisotopic (exact) mass is 307 g/mol. The van der Waals surface area contributed by atoms with Gasteiger partial charge in [-0.1, -0.05) is 6.92 Å². The highest BCUT2D eigenvalue weighted by molar-refractivity contribution is 7.84. The van der Waals surface area contributed by atoms with Crippen molar-refractivity contribution in [3.63, 3.8) is 0 Å². The van der Waals surface area contributed by atoms with E-state index in [-0.39, 0.29) is 10.9 Å². The lowest BCUT2D eigenvalue weighted by molar-refractivity contribution is -0.383. The Morgan fingerprint density at radius 3 is 2.86 bits per heavy atom. The molecule has 2 atom stereocenters. The molecule has 2 unspecified atom stereocenters. The van der Waals surface area contributed by atoms with Crippen molar-refractivity contribution in [2.24, 2.45) is 0 Å². The van der Waals surface area contributed by atoms with Crippen molar-refractivity contribution in [2.45, 2.75) is 18.6 Å². The lowest BCUT2D eigenvalue weighted by atomic mass is 10.1. The van der Waals surface area contributed by atoms with Gasteiger partial charge in [-0.3, -0.25) is 14.3 Å². The van der Waals surface area contributed by atoms with Crippen molar-refractivity contribution in [1.29, 1.82) is 0 Å². The van der Waals surface area contributed by atoms with Crippen LogP contribution in [0.25, 0.3) is 10.9 Å². The van der Waals surface area contributed by atoms with Gasteiger partial charge in [-0.25, -0.2) is 4.98 Å². The molecule has 1 N–H and O–H groups in total. The summed E-state index contributed by atoms with van der Waals surface area (Å²) in [7, 11) is -0.847. The van der Waals surface area contributed by atoms with Crippen LogP contribution in [0.5, 0.6) is 0 Å². The number of nitrogens with one attached hydrogen (secondary N) is 1. The van der Waals surface area contributed by atoms with E-state index in [1.54, 1.807) is 30.7 Å². The Bertz CT molecular complexity index is 690. The average molecular weight is 307 g/mol. The van der Waals surface area contributed by atoms with E-state index in [1.807, 2.05) is 6.92 Å². The molecule has 1 heterocycles. The van der Waals surface area contributed by atoms with Gasteiger partial charge in [0.15, 0.2) is 0 Å². The smallest absolute Gasteiger partial charge is 0.295 e. The molecule has 21 heavy (non-hydrogen) atoms. The number of nitrogens with zero attached hydrogens (tertiary/aromatic N) is 2. The molecule has 0 saturated carbocycles. The minimum absolute atomic E-state index is 0.000759. The second-order valence-corrected chi connectivity index (χ2v) is 6.62. The number of benzene rings is 1. The molecular weight excluding hydrogens is 290 g/mol. The van der Waals surface area contributed by atoms with Gasteiger partial charge in [0.25, 0.3) is 5.69 Å². The van der Waals surface area contributed by atoms with Gasteiger partial charge in [-0.2, -0.15) is 0 Å². The maximum atomic E-state index is 11.3. The molecule has 0 saturated heterocycles. The Labute approximate surface area is 125 Å². The Kier molecular flexibility index (Phi) is 4.85. The van der Waals surface area contributed by atoms with Crippen molar-refractivity contribution in [2.75, 3.05) is 18.1 Å². The summed E-state index contributed by atoms with van der Waals surface area (Å²) in [4.78, 5) is 14.7. The normalized spacial score (nSPS) is 13.8. The van der Waals surface area contributed by atoms with Crippen molar-refractivity contribution < 1.29 is 9.13 Å². The number of fused-ring (bicyclic) bond motifs is 1. The molecular formula is C14H17N3O3S. The van der Waals surface area contributed by atoms with Gasteiger partial charge in [-0.15, -0.1) is 0 Å². The lowest BCUT2D eigenvalue weighted by Crippen LogP contribution is -2.15. The van der Waals surface area contributed by atoms with E-state index in [2.05, 4.69) is 10.3 Å². The van der Waals surface area contributed by atoms with Crippen LogP contribution in [0.4, 0.5) is 11.4 Å². The van der Waals surface area contributed by atoms with Crippen LogP contribution in [0, 0.1) is 10.1 Å². The first-order valence-electron chi connectivity index (χ1n) is 6.59. The molecule has 0 aliphatic rings. The van der Waals surface area contributed by atoms with E-state index in [4.69, 9.17) is 0 Å². The van der Waals surface area contributed by atoms with E-state index in [9.17, 15) is 14.3 Å². The minimum atomic E-state index is -0.847. The second kappa shape index (κ2) is 6.62. The Morgan fingerprint density at radius 1 is 1.43 bits per heavy atom. The molecule has 2 aromatic rings. The SMILES string of the molecule is CC(CCNc1ccc([N+](=O)[O-])c2ncccc12)S(C)=O. The maximum Gasteiger partial charge on any atom is 0.295 e. The third-order valence-corrected chi connectivity index (χ3v) is 4.75. The molecule has 0 amide bonds. The minimum Gasteiger partial charge on any atom is -0.384 e. The molecule has 112 valence electrons. The molecule has 6 nitrogen and oxygen atoms in total. The van der Waals surface area contributed by atoms with Crippen molar-refractivity contribution in [3.05, 3.63) is 40.6 Å². The fraction of sp³-hybridized carbons (Fsp3) is 0.357. The van der Waals surface area contributed by atoms with Crippen LogP contribution in [-0.4, -0.2) is 32.2 Å². The number of anilines is 1. The Morgan fingerprint density at radius 2 is 2.19 bits per heavy atom. The first-order valence-corrected chi connectivity index (χ1v) is 8.21. The van der Waals surface area contributed by atoms with Crippen LogP contribution in [0.3, 0.4) is 0 Å². The zero-order valence-corrected chi connectivity index (χ0v) is 12.7. The van der Waals surface area contributed by atoms with Crippen molar-refractivity contribution in [3.8, 4) is 0 Å². The van der Waals surface area contributed by atoms with E-state index in [0.717, 1.165) is 17.5 Å². The van der Waals surface area contributed by atoms with E-state index >= 15 is 0 Å². The van der Waals surface area contributed by atoms with E-state index in [0.29, 0.717) is 12.1 Å². The largest absolute Gasteiger partial charge is 0.384 e. The zero-order valence-electron chi connectivity index (χ0n) is 11.9. The number of hydrogen-bond acceptors (Lipinski definition) is 5. The summed E-state index contributed by atoms with van der Waals surface area (Å²) >= 11 is 0. The molecule has 0 aliphatic carbocycles. The van der Waals surface area contributed by atoms with Gasteiger partial charge < -0.3 is 5.32 Å². The van der Waals surface area contributed by atoms with Gasteiger partial charge in [0.2, 0.25) is 0 Å². The predicted octanol–water partition coefficient (Wildman–Crippen LogP) is 2.71. The maximum absolute atomic E-state index is 11.3. The number of nitro groups is 1. The van der Waals surface area contributed by atoms with Crippen molar-refractivity contribution >= 4 is 33.1 Å². The number of aromatic nitrogens is 1. The summed E-state index contributed by atoms with van der Waals surface area (Å²) in [6.07, 6.45) is 4.00. The fourth-order valence-electron chi connectivity index (χ4n) is 2.04. The van der Waals surface area contributed by atoms with Gasteiger partial charge >= 0.3 is 0 Å². The topological polar surface area (TPSA) is 85.1 Å². The molecule has 1 aromatic heterocycles. The number of rotatable bonds is 6. The molecule has 7 heteroatoms. The molecule has 0 radical (unpaired) electrons. The van der Waals surface area contributed by atoms with Crippen LogP contribution in [0.2, 0.25) is 0 Å². The van der Waals surface area contributed by atoms with Crippen LogP contribution in [-0.2, 0) is 10.8 Å². The fourth-order valence-corrected chi connectivity index (χ4v) is 2.49. The van der Waals surface area contributed by atoms with E-state index < -0.39 is 15.7 Å². The van der Waals surface area contributed by atoms with Crippen LogP contribution in [0.1, 0.15) is 13.3 Å². The summed E-state index contributed by atoms with van der Waals surface area (Å²) in [5, 5.41) is 15.1. The quantitative estimate of drug-likeness (QED) is 0.655. The highest BCUT2D eigenvalue weighted by atomic mass is 32.2. The molecule has 1 aromatic carbocycles. The summed E-state index contributed by atoms with van der Waals surface area (Å²) in [5.74, 6) is 0. The zero-order chi connectivity index (χ0) is 15.4.